The number of nitrogens with two attached hydrogens (primary N) is 1. The minimum atomic E-state index is -0.234. The summed E-state index contributed by atoms with van der Waals surface area (Å²) in [5.41, 5.74) is 6.69. The molecule has 1 aliphatic carbocycles. The van der Waals surface area contributed by atoms with Gasteiger partial charge in [0, 0.05) is 17.3 Å². The molecule has 0 saturated heterocycles. The highest BCUT2D eigenvalue weighted by molar-refractivity contribution is 7.09. The van der Waals surface area contributed by atoms with Gasteiger partial charge in [-0.2, -0.15) is 0 Å². The highest BCUT2D eigenvalue weighted by atomic mass is 32.1. The normalized spacial score (nSPS) is 17.9. The van der Waals surface area contributed by atoms with Crippen LogP contribution in [0.1, 0.15) is 36.4 Å². The molecule has 0 atom stereocenters. The maximum atomic E-state index is 11.6. The summed E-state index contributed by atoms with van der Waals surface area (Å²) >= 11 is 1.60. The summed E-state index contributed by atoms with van der Waals surface area (Å²) in [6, 6.07) is 0. The number of hydrogen-bond donors (Lipinski definition) is 2. The molecule has 1 saturated carbocycles. The van der Waals surface area contributed by atoms with Crippen molar-refractivity contribution in [2.24, 2.45) is 5.73 Å². The van der Waals surface area contributed by atoms with Crippen molar-refractivity contribution < 1.29 is 4.79 Å². The van der Waals surface area contributed by atoms with Crippen LogP contribution in [0, 0.1) is 6.92 Å². The van der Waals surface area contributed by atoms with Crippen LogP contribution in [0.4, 0.5) is 0 Å². The molecule has 0 aliphatic heterocycles. The van der Waals surface area contributed by atoms with Crippen molar-refractivity contribution in [3.63, 3.8) is 0 Å². The van der Waals surface area contributed by atoms with Gasteiger partial charge in [0.05, 0.1) is 17.2 Å². The Labute approximate surface area is 99.3 Å². The zero-order valence-electron chi connectivity index (χ0n) is 9.45. The first-order valence-corrected chi connectivity index (χ1v) is 6.42. The van der Waals surface area contributed by atoms with Gasteiger partial charge in [-0.3, -0.25) is 4.79 Å². The molecule has 0 radical (unpaired) electrons. The summed E-state index contributed by atoms with van der Waals surface area (Å²) in [6.07, 6.45) is 3.53. The number of rotatable bonds is 4. The molecule has 0 unspecified atom stereocenters. The lowest BCUT2D eigenvalue weighted by molar-refractivity contribution is -0.123. The van der Waals surface area contributed by atoms with Crippen LogP contribution in [-0.2, 0) is 11.3 Å². The number of aryl methyl sites for hydroxylation is 1. The Morgan fingerprint density at radius 1 is 1.69 bits per heavy atom. The summed E-state index contributed by atoms with van der Waals surface area (Å²) in [6.45, 7) is 2.47. The molecule has 1 aromatic rings. The SMILES string of the molecule is Cc1nc(CNC(=O)CC2(N)CCC2)cs1. The minimum Gasteiger partial charge on any atom is -0.350 e. The third-order valence-corrected chi connectivity index (χ3v) is 3.82. The van der Waals surface area contributed by atoms with Crippen LogP contribution >= 0.6 is 11.3 Å². The van der Waals surface area contributed by atoms with Gasteiger partial charge in [-0.05, 0) is 26.2 Å². The van der Waals surface area contributed by atoms with Crippen LogP contribution in [0.3, 0.4) is 0 Å². The zero-order valence-corrected chi connectivity index (χ0v) is 10.3. The fourth-order valence-electron chi connectivity index (χ4n) is 1.87. The molecule has 0 aromatic carbocycles. The van der Waals surface area contributed by atoms with E-state index in [0.29, 0.717) is 13.0 Å². The van der Waals surface area contributed by atoms with Crippen LogP contribution < -0.4 is 11.1 Å². The average molecular weight is 239 g/mol. The maximum absolute atomic E-state index is 11.6. The first-order chi connectivity index (χ1) is 7.57. The topological polar surface area (TPSA) is 68.0 Å². The average Bonchev–Trinajstić information content (AvgIpc) is 2.59. The first kappa shape index (κ1) is 11.5. The van der Waals surface area contributed by atoms with Gasteiger partial charge in [-0.1, -0.05) is 0 Å². The molecule has 2 rings (SSSR count). The Kier molecular flexibility index (Phi) is 3.25. The number of nitrogens with zero attached hydrogens (tertiary/aromatic N) is 1. The second kappa shape index (κ2) is 4.51. The summed E-state index contributed by atoms with van der Waals surface area (Å²) in [4.78, 5) is 15.9. The van der Waals surface area contributed by atoms with Crippen molar-refractivity contribution in [1.82, 2.24) is 10.3 Å². The van der Waals surface area contributed by atoms with Crippen LogP contribution in [0.5, 0.6) is 0 Å². The fraction of sp³-hybridized carbons (Fsp3) is 0.636. The van der Waals surface area contributed by atoms with E-state index in [1.165, 1.54) is 0 Å². The van der Waals surface area contributed by atoms with E-state index in [2.05, 4.69) is 10.3 Å². The zero-order chi connectivity index (χ0) is 11.6. The smallest absolute Gasteiger partial charge is 0.222 e. The summed E-state index contributed by atoms with van der Waals surface area (Å²) in [5.74, 6) is 0.0350. The van der Waals surface area contributed by atoms with Crippen molar-refractivity contribution in [1.29, 1.82) is 0 Å². The molecule has 3 N–H and O–H groups in total. The molecular weight excluding hydrogens is 222 g/mol. The van der Waals surface area contributed by atoms with Crippen LogP contribution in [-0.4, -0.2) is 16.4 Å². The van der Waals surface area contributed by atoms with Crippen LogP contribution in [0.2, 0.25) is 0 Å². The molecule has 1 fully saturated rings. The van der Waals surface area contributed by atoms with E-state index in [-0.39, 0.29) is 11.4 Å². The van der Waals surface area contributed by atoms with E-state index in [1.807, 2.05) is 12.3 Å². The molecule has 4 nitrogen and oxygen atoms in total. The molecule has 1 amide bonds. The van der Waals surface area contributed by atoms with Crippen molar-refractivity contribution in [3.8, 4) is 0 Å². The van der Waals surface area contributed by atoms with Crippen molar-refractivity contribution in [3.05, 3.63) is 16.1 Å². The second-order valence-corrected chi connectivity index (χ2v) is 5.59. The maximum Gasteiger partial charge on any atom is 0.222 e. The highest BCUT2D eigenvalue weighted by Gasteiger charge is 2.34. The molecule has 88 valence electrons. The van der Waals surface area contributed by atoms with Gasteiger partial charge in [0.25, 0.3) is 0 Å². The third-order valence-electron chi connectivity index (χ3n) is 3.00. The van der Waals surface area contributed by atoms with E-state index in [9.17, 15) is 4.79 Å². The molecular formula is C11H17N3OS. The number of nitrogens with one attached hydrogen (secondary N) is 1. The lowest BCUT2D eigenvalue weighted by Gasteiger charge is -2.37. The number of carbonyl (C=O) groups is 1. The molecule has 1 aromatic heterocycles. The first-order valence-electron chi connectivity index (χ1n) is 5.54. The predicted molar refractivity (Wildman–Crippen MR) is 64.1 cm³/mol. The number of hydrogen-bond acceptors (Lipinski definition) is 4. The summed E-state index contributed by atoms with van der Waals surface area (Å²) < 4.78 is 0. The fourth-order valence-corrected chi connectivity index (χ4v) is 2.48. The van der Waals surface area contributed by atoms with Gasteiger partial charge < -0.3 is 11.1 Å². The Morgan fingerprint density at radius 3 is 2.94 bits per heavy atom. The lowest BCUT2D eigenvalue weighted by atomic mass is 9.75. The van der Waals surface area contributed by atoms with E-state index in [4.69, 9.17) is 5.73 Å². The van der Waals surface area contributed by atoms with E-state index < -0.39 is 0 Å². The predicted octanol–water partition coefficient (Wildman–Crippen LogP) is 1.34. The lowest BCUT2D eigenvalue weighted by Crippen LogP contribution is -2.49. The van der Waals surface area contributed by atoms with Crippen molar-refractivity contribution in [2.75, 3.05) is 0 Å². The molecule has 1 aliphatic rings. The Bertz CT molecular complexity index is 384. The number of carbonyl (C=O) groups excluding carboxylic acids is 1. The molecule has 0 bridgehead atoms. The highest BCUT2D eigenvalue weighted by Crippen LogP contribution is 2.31. The monoisotopic (exact) mass is 239 g/mol. The summed E-state index contributed by atoms with van der Waals surface area (Å²) in [5, 5.41) is 5.86. The van der Waals surface area contributed by atoms with E-state index in [1.54, 1.807) is 11.3 Å². The van der Waals surface area contributed by atoms with Crippen molar-refractivity contribution in [2.45, 2.75) is 44.7 Å². The molecule has 16 heavy (non-hydrogen) atoms. The second-order valence-electron chi connectivity index (χ2n) is 4.53. The van der Waals surface area contributed by atoms with Gasteiger partial charge in [0.2, 0.25) is 5.91 Å². The van der Waals surface area contributed by atoms with Gasteiger partial charge in [0.1, 0.15) is 0 Å². The standard InChI is InChI=1S/C11H17N3OS/c1-8-14-9(7-16-8)6-13-10(15)5-11(12)3-2-4-11/h7H,2-6,12H2,1H3,(H,13,15). The number of thiazole rings is 1. The van der Waals surface area contributed by atoms with E-state index >= 15 is 0 Å². The molecule has 1 heterocycles. The number of amides is 1. The van der Waals surface area contributed by atoms with Gasteiger partial charge >= 0.3 is 0 Å². The van der Waals surface area contributed by atoms with Crippen molar-refractivity contribution >= 4 is 17.2 Å². The molecule has 0 spiro atoms. The Morgan fingerprint density at radius 2 is 2.44 bits per heavy atom. The minimum absolute atomic E-state index is 0.0350. The number of aromatic nitrogens is 1. The quantitative estimate of drug-likeness (QED) is 0.833. The Balaban J connectivity index is 1.75. The van der Waals surface area contributed by atoms with Crippen LogP contribution in [0.15, 0.2) is 5.38 Å². The third kappa shape index (κ3) is 2.80. The van der Waals surface area contributed by atoms with Crippen LogP contribution in [0.25, 0.3) is 0 Å². The largest absolute Gasteiger partial charge is 0.350 e. The van der Waals surface area contributed by atoms with E-state index in [0.717, 1.165) is 30.0 Å². The van der Waals surface area contributed by atoms with Gasteiger partial charge in [-0.15, -0.1) is 11.3 Å². The summed E-state index contributed by atoms with van der Waals surface area (Å²) in [7, 11) is 0. The van der Waals surface area contributed by atoms with Gasteiger partial charge in [0.15, 0.2) is 0 Å². The Hall–Kier alpha value is -0.940. The molecule has 5 heteroatoms. The van der Waals surface area contributed by atoms with Gasteiger partial charge in [-0.25, -0.2) is 4.98 Å².